The summed E-state index contributed by atoms with van der Waals surface area (Å²) in [6.45, 7) is 8.36. The first-order chi connectivity index (χ1) is 6.35. The summed E-state index contributed by atoms with van der Waals surface area (Å²) in [6, 6.07) is 0. The average Bonchev–Trinajstić information content (AvgIpc) is 1.98. The van der Waals surface area contributed by atoms with Gasteiger partial charge in [-0.2, -0.15) is 0 Å². The Morgan fingerprint density at radius 3 is 2.50 bits per heavy atom. The summed E-state index contributed by atoms with van der Waals surface area (Å²) in [5.41, 5.74) is 5.89. The third kappa shape index (κ3) is 7.61. The summed E-state index contributed by atoms with van der Waals surface area (Å²) in [5.74, 6) is 0. The van der Waals surface area contributed by atoms with Gasteiger partial charge in [0.2, 0.25) is 0 Å². The molecule has 0 aliphatic carbocycles. The minimum atomic E-state index is -0.449. The number of ether oxygens (including phenoxy) is 1. The van der Waals surface area contributed by atoms with Gasteiger partial charge in [-0.25, -0.2) is 4.79 Å². The van der Waals surface area contributed by atoms with Gasteiger partial charge in [0, 0.05) is 13.1 Å². The van der Waals surface area contributed by atoms with Gasteiger partial charge in [0.1, 0.15) is 5.60 Å². The Hall–Kier alpha value is -1.03. The summed E-state index contributed by atoms with van der Waals surface area (Å²) >= 11 is 0. The van der Waals surface area contributed by atoms with Crippen molar-refractivity contribution in [2.45, 2.75) is 33.3 Å². The first kappa shape index (κ1) is 13.0. The van der Waals surface area contributed by atoms with Crippen molar-refractivity contribution in [3.63, 3.8) is 0 Å². The molecule has 0 atom stereocenters. The summed E-state index contributed by atoms with van der Waals surface area (Å²) in [4.78, 5) is 11.2. The molecule has 0 saturated heterocycles. The van der Waals surface area contributed by atoms with E-state index in [1.165, 1.54) is 0 Å². The number of carbonyl (C=O) groups excluding carboxylic acids is 1. The third-order valence-electron chi connectivity index (χ3n) is 1.38. The van der Waals surface area contributed by atoms with Crippen molar-refractivity contribution in [1.29, 1.82) is 0 Å². The van der Waals surface area contributed by atoms with E-state index in [-0.39, 0.29) is 0 Å². The molecule has 0 saturated carbocycles. The first-order valence-electron chi connectivity index (χ1n) is 4.67. The standard InChI is InChI=1S/C10H20N2O2/c1-8(5-6-11)7-12-9(13)14-10(2,3)4/h5H,6-7,11H2,1-4H3,(H,12,13)/b8-5+. The van der Waals surface area contributed by atoms with E-state index in [0.717, 1.165) is 5.57 Å². The largest absolute Gasteiger partial charge is 0.444 e. The van der Waals surface area contributed by atoms with Crippen LogP contribution in [0, 0.1) is 0 Å². The molecule has 0 heterocycles. The Morgan fingerprint density at radius 2 is 2.07 bits per heavy atom. The Balaban J connectivity index is 3.81. The zero-order chi connectivity index (χ0) is 11.2. The highest BCUT2D eigenvalue weighted by Gasteiger charge is 2.15. The number of amides is 1. The van der Waals surface area contributed by atoms with Crippen molar-refractivity contribution < 1.29 is 9.53 Å². The van der Waals surface area contributed by atoms with Crippen molar-refractivity contribution in [1.82, 2.24) is 5.32 Å². The molecule has 0 aliphatic heterocycles. The SMILES string of the molecule is C/C(=C\CN)CNC(=O)OC(C)(C)C. The highest BCUT2D eigenvalue weighted by molar-refractivity contribution is 5.67. The fraction of sp³-hybridized carbons (Fsp3) is 0.700. The molecular weight excluding hydrogens is 180 g/mol. The van der Waals surface area contributed by atoms with E-state index in [1.54, 1.807) is 0 Å². The molecule has 4 heteroatoms. The van der Waals surface area contributed by atoms with Gasteiger partial charge in [0.15, 0.2) is 0 Å². The van der Waals surface area contributed by atoms with Gasteiger partial charge in [0.05, 0.1) is 0 Å². The van der Waals surface area contributed by atoms with E-state index in [2.05, 4.69) is 5.32 Å². The summed E-state index contributed by atoms with van der Waals surface area (Å²) < 4.78 is 5.06. The minimum absolute atomic E-state index is 0.401. The molecule has 0 radical (unpaired) electrons. The van der Waals surface area contributed by atoms with Crippen molar-refractivity contribution in [2.75, 3.05) is 13.1 Å². The number of hydrogen-bond acceptors (Lipinski definition) is 3. The predicted molar refractivity (Wildman–Crippen MR) is 57.0 cm³/mol. The Kier molecular flexibility index (Phi) is 5.23. The number of rotatable bonds is 3. The normalized spacial score (nSPS) is 12.5. The zero-order valence-corrected chi connectivity index (χ0v) is 9.39. The van der Waals surface area contributed by atoms with Crippen LogP contribution < -0.4 is 11.1 Å². The Labute approximate surface area is 85.5 Å². The van der Waals surface area contributed by atoms with Crippen LogP contribution in [-0.2, 0) is 4.74 Å². The van der Waals surface area contributed by atoms with Crippen LogP contribution >= 0.6 is 0 Å². The van der Waals surface area contributed by atoms with Crippen LogP contribution in [0.5, 0.6) is 0 Å². The molecule has 0 unspecified atom stereocenters. The maximum atomic E-state index is 11.2. The van der Waals surface area contributed by atoms with Gasteiger partial charge in [-0.1, -0.05) is 11.6 Å². The predicted octanol–water partition coefficient (Wildman–Crippen LogP) is 1.42. The van der Waals surface area contributed by atoms with Crippen molar-refractivity contribution in [3.8, 4) is 0 Å². The van der Waals surface area contributed by atoms with Gasteiger partial charge in [-0.05, 0) is 27.7 Å². The molecule has 82 valence electrons. The minimum Gasteiger partial charge on any atom is -0.444 e. The monoisotopic (exact) mass is 200 g/mol. The van der Waals surface area contributed by atoms with E-state index in [9.17, 15) is 4.79 Å². The average molecular weight is 200 g/mol. The number of nitrogens with one attached hydrogen (secondary N) is 1. The summed E-state index contributed by atoms with van der Waals surface area (Å²) in [7, 11) is 0. The number of hydrogen-bond donors (Lipinski definition) is 2. The quantitative estimate of drug-likeness (QED) is 0.677. The second-order valence-corrected chi connectivity index (χ2v) is 4.14. The van der Waals surface area contributed by atoms with Crippen LogP contribution in [-0.4, -0.2) is 24.8 Å². The lowest BCUT2D eigenvalue weighted by Gasteiger charge is -2.19. The fourth-order valence-electron chi connectivity index (χ4n) is 0.799. The van der Waals surface area contributed by atoms with Gasteiger partial charge in [0.25, 0.3) is 0 Å². The first-order valence-corrected chi connectivity index (χ1v) is 4.67. The molecule has 0 aromatic rings. The molecule has 0 rings (SSSR count). The molecule has 4 nitrogen and oxygen atoms in total. The Morgan fingerprint density at radius 1 is 1.50 bits per heavy atom. The molecule has 1 amide bonds. The number of nitrogens with two attached hydrogens (primary N) is 1. The van der Waals surface area contributed by atoms with Gasteiger partial charge in [-0.15, -0.1) is 0 Å². The molecule has 14 heavy (non-hydrogen) atoms. The Bertz CT molecular complexity index is 217. The maximum Gasteiger partial charge on any atom is 0.407 e. The van der Waals surface area contributed by atoms with Crippen LogP contribution in [0.2, 0.25) is 0 Å². The fourth-order valence-corrected chi connectivity index (χ4v) is 0.799. The highest BCUT2D eigenvalue weighted by Crippen LogP contribution is 2.06. The maximum absolute atomic E-state index is 11.2. The van der Waals surface area contributed by atoms with E-state index in [0.29, 0.717) is 13.1 Å². The molecule has 0 spiro atoms. The lowest BCUT2D eigenvalue weighted by molar-refractivity contribution is 0.0532. The highest BCUT2D eigenvalue weighted by atomic mass is 16.6. The van der Waals surface area contributed by atoms with Crippen molar-refractivity contribution in [3.05, 3.63) is 11.6 Å². The number of alkyl carbamates (subject to hydrolysis) is 1. The van der Waals surface area contributed by atoms with Gasteiger partial charge in [-0.3, -0.25) is 0 Å². The van der Waals surface area contributed by atoms with Gasteiger partial charge < -0.3 is 15.8 Å². The molecular formula is C10H20N2O2. The molecule has 3 N–H and O–H groups in total. The molecule has 0 bridgehead atoms. The second kappa shape index (κ2) is 5.65. The zero-order valence-electron chi connectivity index (χ0n) is 9.39. The molecule has 0 aromatic carbocycles. The lowest BCUT2D eigenvalue weighted by Crippen LogP contribution is -2.33. The third-order valence-corrected chi connectivity index (χ3v) is 1.38. The van der Waals surface area contributed by atoms with E-state index in [1.807, 2.05) is 33.8 Å². The van der Waals surface area contributed by atoms with Crippen molar-refractivity contribution in [2.24, 2.45) is 5.73 Å². The molecule has 0 fully saturated rings. The van der Waals surface area contributed by atoms with E-state index >= 15 is 0 Å². The van der Waals surface area contributed by atoms with Crippen LogP contribution in [0.15, 0.2) is 11.6 Å². The smallest absolute Gasteiger partial charge is 0.407 e. The van der Waals surface area contributed by atoms with E-state index in [4.69, 9.17) is 10.5 Å². The second-order valence-electron chi connectivity index (χ2n) is 4.14. The van der Waals surface area contributed by atoms with Crippen LogP contribution in [0.4, 0.5) is 4.79 Å². The van der Waals surface area contributed by atoms with E-state index < -0.39 is 11.7 Å². The summed E-state index contributed by atoms with van der Waals surface area (Å²) in [6.07, 6.45) is 1.46. The molecule has 0 aromatic heterocycles. The van der Waals surface area contributed by atoms with Crippen LogP contribution in [0.1, 0.15) is 27.7 Å². The van der Waals surface area contributed by atoms with Crippen LogP contribution in [0.3, 0.4) is 0 Å². The van der Waals surface area contributed by atoms with Crippen LogP contribution in [0.25, 0.3) is 0 Å². The number of carbonyl (C=O) groups is 1. The molecule has 0 aliphatic rings. The van der Waals surface area contributed by atoms with Gasteiger partial charge >= 0.3 is 6.09 Å². The van der Waals surface area contributed by atoms with Crippen molar-refractivity contribution >= 4 is 6.09 Å². The lowest BCUT2D eigenvalue weighted by atomic mass is 10.2. The topological polar surface area (TPSA) is 64.3 Å². The summed E-state index contributed by atoms with van der Waals surface area (Å²) in [5, 5.41) is 2.64.